The Kier molecular flexibility index (Phi) is 3.82. The van der Waals surface area contributed by atoms with E-state index in [1.165, 1.54) is 4.88 Å². The van der Waals surface area contributed by atoms with Crippen molar-refractivity contribution in [1.29, 1.82) is 0 Å². The summed E-state index contributed by atoms with van der Waals surface area (Å²) in [5.74, 6) is 1.18. The smallest absolute Gasteiger partial charge is 0.229 e. The summed E-state index contributed by atoms with van der Waals surface area (Å²) >= 11 is 1.67. The molecule has 0 aliphatic rings. The molecule has 2 aromatic heterocycles. The van der Waals surface area contributed by atoms with Gasteiger partial charge in [-0.3, -0.25) is 0 Å². The zero-order valence-corrected chi connectivity index (χ0v) is 11.7. The van der Waals surface area contributed by atoms with Gasteiger partial charge in [0.15, 0.2) is 5.82 Å². The van der Waals surface area contributed by atoms with Gasteiger partial charge >= 0.3 is 0 Å². The first kappa shape index (κ1) is 13.2. The van der Waals surface area contributed by atoms with E-state index < -0.39 is 6.10 Å². The molecule has 0 aliphatic heterocycles. The van der Waals surface area contributed by atoms with Crippen molar-refractivity contribution in [2.75, 3.05) is 0 Å². The average Bonchev–Trinajstić information content (AvgIpc) is 2.89. The highest BCUT2D eigenvalue weighted by Gasteiger charge is 2.24. The summed E-state index contributed by atoms with van der Waals surface area (Å²) in [6, 6.07) is 4.05. The van der Waals surface area contributed by atoms with Crippen LogP contribution in [0.25, 0.3) is 0 Å². The first-order valence-corrected chi connectivity index (χ1v) is 6.85. The first-order valence-electron chi connectivity index (χ1n) is 5.97. The molecule has 5 heteroatoms. The van der Waals surface area contributed by atoms with Crippen LogP contribution in [0.5, 0.6) is 0 Å². The highest BCUT2D eigenvalue weighted by molar-refractivity contribution is 7.09. The number of nitrogens with zero attached hydrogens (tertiary/aromatic N) is 2. The molecule has 0 amide bonds. The van der Waals surface area contributed by atoms with Crippen molar-refractivity contribution in [2.45, 2.75) is 39.7 Å². The minimum atomic E-state index is -0.479. The van der Waals surface area contributed by atoms with Crippen LogP contribution in [0.3, 0.4) is 0 Å². The van der Waals surface area contributed by atoms with Crippen LogP contribution in [0, 0.1) is 5.41 Å². The maximum Gasteiger partial charge on any atom is 0.229 e. The average molecular weight is 266 g/mol. The van der Waals surface area contributed by atoms with E-state index in [2.05, 4.69) is 10.1 Å². The highest BCUT2D eigenvalue weighted by atomic mass is 32.1. The zero-order valence-electron chi connectivity index (χ0n) is 10.9. The molecule has 0 saturated carbocycles. The van der Waals surface area contributed by atoms with Crippen molar-refractivity contribution in [1.82, 2.24) is 10.1 Å². The van der Waals surface area contributed by atoms with Gasteiger partial charge in [0.25, 0.3) is 0 Å². The molecule has 0 bridgehead atoms. The number of thiophene rings is 1. The van der Waals surface area contributed by atoms with Crippen molar-refractivity contribution >= 4 is 11.3 Å². The van der Waals surface area contributed by atoms with Gasteiger partial charge in [0.1, 0.15) is 0 Å². The maximum atomic E-state index is 9.98. The van der Waals surface area contributed by atoms with E-state index in [4.69, 9.17) is 4.52 Å². The van der Waals surface area contributed by atoms with Gasteiger partial charge in [-0.25, -0.2) is 0 Å². The Morgan fingerprint density at radius 2 is 2.22 bits per heavy atom. The van der Waals surface area contributed by atoms with Gasteiger partial charge < -0.3 is 9.63 Å². The van der Waals surface area contributed by atoms with Gasteiger partial charge in [0.2, 0.25) is 5.89 Å². The van der Waals surface area contributed by atoms with Gasteiger partial charge in [-0.15, -0.1) is 11.3 Å². The topological polar surface area (TPSA) is 59.2 Å². The van der Waals surface area contributed by atoms with Crippen LogP contribution < -0.4 is 0 Å². The van der Waals surface area contributed by atoms with E-state index in [1.807, 2.05) is 38.3 Å². The number of aliphatic hydroxyl groups excluding tert-OH is 1. The molecule has 2 aromatic rings. The van der Waals surface area contributed by atoms with E-state index >= 15 is 0 Å². The largest absolute Gasteiger partial charge is 0.392 e. The van der Waals surface area contributed by atoms with Crippen LogP contribution in [-0.4, -0.2) is 21.4 Å². The van der Waals surface area contributed by atoms with Crippen LogP contribution in [0.15, 0.2) is 22.0 Å². The number of aromatic nitrogens is 2. The summed E-state index contributed by atoms with van der Waals surface area (Å²) in [6.45, 7) is 5.96. The molecular weight excluding hydrogens is 248 g/mol. The Hall–Kier alpha value is -1.20. The van der Waals surface area contributed by atoms with Crippen LogP contribution >= 0.6 is 11.3 Å². The molecule has 0 fully saturated rings. The lowest BCUT2D eigenvalue weighted by atomic mass is 9.87. The molecule has 0 aliphatic carbocycles. The molecule has 4 nitrogen and oxygen atoms in total. The normalized spacial score (nSPS) is 13.8. The van der Waals surface area contributed by atoms with Crippen molar-refractivity contribution in [2.24, 2.45) is 5.41 Å². The Bertz CT molecular complexity index is 485. The fourth-order valence-corrected chi connectivity index (χ4v) is 2.19. The summed E-state index contributed by atoms with van der Waals surface area (Å²) in [7, 11) is 0. The summed E-state index contributed by atoms with van der Waals surface area (Å²) in [4.78, 5) is 5.51. The quantitative estimate of drug-likeness (QED) is 0.924. The zero-order chi connectivity index (χ0) is 13.2. The highest BCUT2D eigenvalue weighted by Crippen LogP contribution is 2.22. The lowest BCUT2D eigenvalue weighted by molar-refractivity contribution is 0.0565. The maximum absolute atomic E-state index is 9.98. The third-order valence-electron chi connectivity index (χ3n) is 2.79. The molecule has 2 heterocycles. The molecule has 1 atom stereocenters. The van der Waals surface area contributed by atoms with Crippen LogP contribution in [0.4, 0.5) is 0 Å². The molecule has 1 N–H and O–H groups in total. The van der Waals surface area contributed by atoms with Gasteiger partial charge in [0.05, 0.1) is 12.5 Å². The summed E-state index contributed by atoms with van der Waals surface area (Å²) in [5.41, 5.74) is -0.178. The number of hydrogen-bond acceptors (Lipinski definition) is 5. The van der Waals surface area contributed by atoms with E-state index in [0.29, 0.717) is 24.6 Å². The van der Waals surface area contributed by atoms with Gasteiger partial charge in [-0.05, 0) is 16.9 Å². The Morgan fingerprint density at radius 3 is 2.83 bits per heavy atom. The molecule has 2 rings (SSSR count). The minimum absolute atomic E-state index is 0.178. The molecule has 0 aromatic carbocycles. The van der Waals surface area contributed by atoms with Crippen LogP contribution in [0.1, 0.15) is 37.4 Å². The lowest BCUT2D eigenvalue weighted by Gasteiger charge is -2.24. The third kappa shape index (κ3) is 3.40. The van der Waals surface area contributed by atoms with Gasteiger partial charge in [0, 0.05) is 11.3 Å². The third-order valence-corrected chi connectivity index (χ3v) is 3.67. The first-order chi connectivity index (χ1) is 8.45. The van der Waals surface area contributed by atoms with Crippen LogP contribution in [-0.2, 0) is 12.8 Å². The van der Waals surface area contributed by atoms with E-state index in [-0.39, 0.29) is 5.41 Å². The van der Waals surface area contributed by atoms with Crippen molar-refractivity contribution in [3.8, 4) is 0 Å². The lowest BCUT2D eigenvalue weighted by Crippen LogP contribution is -2.28. The predicted octanol–water partition coefficient (Wildman–Crippen LogP) is 2.67. The number of rotatable bonds is 4. The minimum Gasteiger partial charge on any atom is -0.392 e. The number of hydrogen-bond donors (Lipinski definition) is 1. The second-order valence-electron chi connectivity index (χ2n) is 5.45. The van der Waals surface area contributed by atoms with Gasteiger partial charge in [-0.1, -0.05) is 32.0 Å². The van der Waals surface area contributed by atoms with E-state index in [0.717, 1.165) is 0 Å². The second kappa shape index (κ2) is 5.20. The number of aliphatic hydroxyl groups is 1. The van der Waals surface area contributed by atoms with Crippen molar-refractivity contribution in [3.05, 3.63) is 34.1 Å². The van der Waals surface area contributed by atoms with Crippen LogP contribution in [0.2, 0.25) is 0 Å². The standard InChI is InChI=1S/C13H18N2O2S/c1-13(2,3)10(16)8-12-14-11(15-17-12)7-9-5-4-6-18-9/h4-6,10,16H,7-8H2,1-3H3. The Morgan fingerprint density at radius 1 is 1.44 bits per heavy atom. The SMILES string of the molecule is CC(C)(C)C(O)Cc1nc(Cc2cccs2)no1. The Labute approximate surface area is 111 Å². The fourth-order valence-electron chi connectivity index (χ4n) is 1.49. The Balaban J connectivity index is 1.98. The van der Waals surface area contributed by atoms with E-state index in [9.17, 15) is 5.11 Å². The predicted molar refractivity (Wildman–Crippen MR) is 70.6 cm³/mol. The molecular formula is C13H18N2O2S. The van der Waals surface area contributed by atoms with Gasteiger partial charge in [-0.2, -0.15) is 4.98 Å². The van der Waals surface area contributed by atoms with Crippen molar-refractivity contribution in [3.63, 3.8) is 0 Å². The summed E-state index contributed by atoms with van der Waals surface area (Å²) in [5, 5.41) is 15.9. The summed E-state index contributed by atoms with van der Waals surface area (Å²) < 4.78 is 5.16. The molecule has 0 radical (unpaired) electrons. The molecule has 98 valence electrons. The summed E-state index contributed by atoms with van der Waals surface area (Å²) in [6.07, 6.45) is 0.612. The molecule has 0 saturated heterocycles. The van der Waals surface area contributed by atoms with E-state index in [1.54, 1.807) is 11.3 Å². The van der Waals surface area contributed by atoms with Crippen molar-refractivity contribution < 1.29 is 9.63 Å². The second-order valence-corrected chi connectivity index (χ2v) is 6.48. The fraction of sp³-hybridized carbons (Fsp3) is 0.538. The molecule has 0 spiro atoms. The monoisotopic (exact) mass is 266 g/mol. The molecule has 18 heavy (non-hydrogen) atoms. The molecule has 1 unspecified atom stereocenters.